The van der Waals surface area contributed by atoms with Crippen molar-refractivity contribution in [3.8, 4) is 0 Å². The molecule has 0 spiro atoms. The fraction of sp³-hybridized carbons (Fsp3) is 0.500. The van der Waals surface area contributed by atoms with Crippen LogP contribution in [-0.4, -0.2) is 22.5 Å². The van der Waals surface area contributed by atoms with Crippen LogP contribution in [-0.2, 0) is 20.3 Å². The predicted molar refractivity (Wildman–Crippen MR) is 70.6 cm³/mol. The van der Waals surface area contributed by atoms with Gasteiger partial charge in [0, 0.05) is 4.90 Å². The summed E-state index contributed by atoms with van der Waals surface area (Å²) in [5.74, 6) is -0.673. The molecule has 1 aliphatic rings. The van der Waals surface area contributed by atoms with Crippen molar-refractivity contribution in [3.63, 3.8) is 0 Å². The maximum Gasteiger partial charge on any atom is 0.312 e. The third kappa shape index (κ3) is 2.56. The molecule has 0 aromatic heterocycles. The van der Waals surface area contributed by atoms with Crippen molar-refractivity contribution in [1.82, 2.24) is 0 Å². The molecule has 0 saturated heterocycles. The van der Waals surface area contributed by atoms with Gasteiger partial charge in [-0.1, -0.05) is 6.42 Å². The molecule has 1 fully saturated rings. The van der Waals surface area contributed by atoms with Crippen molar-refractivity contribution in [2.75, 3.05) is 7.11 Å². The van der Waals surface area contributed by atoms with Crippen molar-refractivity contribution < 1.29 is 18.1 Å². The summed E-state index contributed by atoms with van der Waals surface area (Å²) < 4.78 is 30.3. The van der Waals surface area contributed by atoms with Crippen molar-refractivity contribution in [2.24, 2.45) is 5.41 Å². The molecule has 0 amide bonds. The second-order valence-electron chi connectivity index (χ2n) is 5.04. The van der Waals surface area contributed by atoms with Crippen LogP contribution < -0.4 is 0 Å². The van der Waals surface area contributed by atoms with E-state index in [1.807, 2.05) is 0 Å². The molecule has 19 heavy (non-hydrogen) atoms. The molecule has 104 valence electrons. The van der Waals surface area contributed by atoms with Gasteiger partial charge in [-0.2, -0.15) is 0 Å². The predicted octanol–water partition coefficient (Wildman–Crippen LogP) is 2.67. The van der Waals surface area contributed by atoms with E-state index in [1.165, 1.54) is 31.4 Å². The van der Waals surface area contributed by atoms with Crippen molar-refractivity contribution in [2.45, 2.75) is 36.3 Å². The molecular weight excluding hydrogens is 267 g/mol. The Hall–Kier alpha value is -1.23. The number of rotatable bonds is 3. The van der Waals surface area contributed by atoms with Gasteiger partial charge in [-0.05, 0) is 44.0 Å². The Morgan fingerprint density at radius 3 is 2.63 bits per heavy atom. The number of carbonyl (C=O) groups is 1. The largest absolute Gasteiger partial charge is 0.469 e. The molecule has 3 nitrogen and oxygen atoms in total. The highest BCUT2D eigenvalue weighted by molar-refractivity contribution is 7.85. The minimum Gasteiger partial charge on any atom is -0.469 e. The molecule has 0 bridgehead atoms. The fourth-order valence-electron chi connectivity index (χ4n) is 2.68. The minimum atomic E-state index is -1.33. The number of benzene rings is 1. The first kappa shape index (κ1) is 14.2. The number of halogens is 1. The third-order valence-corrected chi connectivity index (χ3v) is 5.84. The van der Waals surface area contributed by atoms with Gasteiger partial charge >= 0.3 is 5.97 Å². The van der Waals surface area contributed by atoms with Crippen LogP contribution in [0, 0.1) is 11.2 Å². The molecule has 0 heterocycles. The van der Waals surface area contributed by atoms with Gasteiger partial charge in [-0.15, -0.1) is 0 Å². The molecule has 1 aromatic carbocycles. The Balaban J connectivity index is 2.27. The number of ether oxygens (including phenoxy) is 1. The van der Waals surface area contributed by atoms with Crippen LogP contribution in [0.3, 0.4) is 0 Å². The maximum absolute atomic E-state index is 12.9. The smallest absolute Gasteiger partial charge is 0.312 e. The molecule has 3 unspecified atom stereocenters. The number of hydrogen-bond donors (Lipinski definition) is 0. The first-order valence-electron chi connectivity index (χ1n) is 6.23. The standard InChI is InChI=1S/C14H17FO3S/c1-14(13(16)18-2)9-3-4-12(14)19(17)11-7-5-10(15)6-8-11/h5-8,12H,3-4,9H2,1-2H3. The second kappa shape index (κ2) is 5.41. The third-order valence-electron chi connectivity index (χ3n) is 3.83. The van der Waals surface area contributed by atoms with Gasteiger partial charge in [0.1, 0.15) is 5.82 Å². The SMILES string of the molecule is COC(=O)C1(C)CCCC1S(=O)c1ccc(F)cc1. The zero-order chi connectivity index (χ0) is 14.0. The van der Waals surface area contributed by atoms with Crippen LogP contribution in [0.15, 0.2) is 29.2 Å². The molecule has 0 N–H and O–H groups in total. The van der Waals surface area contributed by atoms with E-state index >= 15 is 0 Å². The van der Waals surface area contributed by atoms with Crippen LogP contribution in [0.25, 0.3) is 0 Å². The zero-order valence-corrected chi connectivity index (χ0v) is 11.8. The van der Waals surface area contributed by atoms with E-state index in [0.717, 1.165) is 12.8 Å². The lowest BCUT2D eigenvalue weighted by molar-refractivity contribution is -0.151. The molecule has 0 aliphatic heterocycles. The summed E-state index contributed by atoms with van der Waals surface area (Å²) in [4.78, 5) is 12.5. The summed E-state index contributed by atoms with van der Waals surface area (Å²) in [6.07, 6.45) is 2.25. The lowest BCUT2D eigenvalue weighted by atomic mass is 9.89. The van der Waals surface area contributed by atoms with Crippen LogP contribution in [0.4, 0.5) is 4.39 Å². The van der Waals surface area contributed by atoms with Crippen molar-refractivity contribution in [1.29, 1.82) is 0 Å². The lowest BCUT2D eigenvalue weighted by Crippen LogP contribution is -2.39. The summed E-state index contributed by atoms with van der Waals surface area (Å²) >= 11 is 0. The Bertz CT molecular complexity index is 500. The molecule has 5 heteroatoms. The van der Waals surface area contributed by atoms with Gasteiger partial charge in [0.05, 0.1) is 28.6 Å². The second-order valence-corrected chi connectivity index (χ2v) is 6.68. The lowest BCUT2D eigenvalue weighted by Gasteiger charge is -2.27. The van der Waals surface area contributed by atoms with E-state index in [4.69, 9.17) is 4.74 Å². The first-order valence-corrected chi connectivity index (χ1v) is 7.45. The van der Waals surface area contributed by atoms with Crippen LogP contribution in [0.2, 0.25) is 0 Å². The van der Waals surface area contributed by atoms with E-state index in [9.17, 15) is 13.4 Å². The van der Waals surface area contributed by atoms with Gasteiger partial charge < -0.3 is 4.74 Å². The Morgan fingerprint density at radius 1 is 1.42 bits per heavy atom. The Labute approximate surface area is 114 Å². The van der Waals surface area contributed by atoms with Crippen molar-refractivity contribution in [3.05, 3.63) is 30.1 Å². The highest BCUT2D eigenvalue weighted by Gasteiger charge is 2.49. The number of carbonyl (C=O) groups excluding carboxylic acids is 1. The van der Waals surface area contributed by atoms with Crippen LogP contribution in [0.5, 0.6) is 0 Å². The molecule has 2 rings (SSSR count). The molecule has 0 radical (unpaired) electrons. The summed E-state index contributed by atoms with van der Waals surface area (Å²) in [5, 5.41) is -0.273. The maximum atomic E-state index is 12.9. The van der Waals surface area contributed by atoms with Crippen LogP contribution >= 0.6 is 0 Å². The topological polar surface area (TPSA) is 43.4 Å². The fourth-order valence-corrected chi connectivity index (χ4v) is 4.48. The summed E-state index contributed by atoms with van der Waals surface area (Å²) in [7, 11) is 0.0249. The number of hydrogen-bond acceptors (Lipinski definition) is 3. The van der Waals surface area contributed by atoms with Gasteiger partial charge in [-0.3, -0.25) is 9.00 Å². The van der Waals surface area contributed by atoms with Gasteiger partial charge in [0.25, 0.3) is 0 Å². The van der Waals surface area contributed by atoms with E-state index in [2.05, 4.69) is 0 Å². The summed E-state index contributed by atoms with van der Waals surface area (Å²) in [5.41, 5.74) is -0.714. The minimum absolute atomic E-state index is 0.273. The number of esters is 1. The zero-order valence-electron chi connectivity index (χ0n) is 11.0. The van der Waals surface area contributed by atoms with Crippen LogP contribution in [0.1, 0.15) is 26.2 Å². The summed E-state index contributed by atoms with van der Waals surface area (Å²) in [6, 6.07) is 5.61. The van der Waals surface area contributed by atoms with Crippen molar-refractivity contribution >= 4 is 16.8 Å². The monoisotopic (exact) mass is 284 g/mol. The highest BCUT2D eigenvalue weighted by atomic mass is 32.2. The molecular formula is C14H17FO3S. The average molecular weight is 284 g/mol. The van der Waals surface area contributed by atoms with Gasteiger partial charge in [0.2, 0.25) is 0 Å². The number of methoxy groups -OCH3 is 1. The average Bonchev–Trinajstić information content (AvgIpc) is 2.81. The molecule has 1 aliphatic carbocycles. The molecule has 3 atom stereocenters. The normalized spacial score (nSPS) is 28.1. The molecule has 1 aromatic rings. The Kier molecular flexibility index (Phi) is 4.04. The van der Waals surface area contributed by atoms with Gasteiger partial charge in [-0.25, -0.2) is 4.39 Å². The van der Waals surface area contributed by atoms with E-state index < -0.39 is 16.2 Å². The molecule has 1 saturated carbocycles. The summed E-state index contributed by atoms with van der Waals surface area (Å²) in [6.45, 7) is 1.80. The quantitative estimate of drug-likeness (QED) is 0.801. The van der Waals surface area contributed by atoms with Gasteiger partial charge in [0.15, 0.2) is 0 Å². The van der Waals surface area contributed by atoms with E-state index in [-0.39, 0.29) is 17.0 Å². The van der Waals surface area contributed by atoms with E-state index in [0.29, 0.717) is 11.3 Å². The first-order chi connectivity index (χ1) is 8.99. The Morgan fingerprint density at radius 2 is 2.05 bits per heavy atom. The van der Waals surface area contributed by atoms with E-state index in [1.54, 1.807) is 6.92 Å². The highest BCUT2D eigenvalue weighted by Crippen LogP contribution is 2.43.